The van der Waals surface area contributed by atoms with Gasteiger partial charge in [0, 0.05) is 24.2 Å². The number of ether oxygens (including phenoxy) is 2. The molecular weight excluding hydrogens is 458 g/mol. The Labute approximate surface area is 208 Å². The molecule has 0 aliphatic carbocycles. The zero-order chi connectivity index (χ0) is 25.0. The summed E-state index contributed by atoms with van der Waals surface area (Å²) in [6.07, 6.45) is 0.0243. The van der Waals surface area contributed by atoms with Crippen molar-refractivity contribution in [2.24, 2.45) is 0 Å². The molecule has 8 nitrogen and oxygen atoms in total. The van der Waals surface area contributed by atoms with Gasteiger partial charge in [-0.15, -0.1) is 0 Å². The van der Waals surface area contributed by atoms with Crippen molar-refractivity contribution in [3.8, 4) is 11.5 Å². The molecule has 3 aromatic rings. The fraction of sp³-hybridized carbons (Fsp3) is 0.250. The predicted octanol–water partition coefficient (Wildman–Crippen LogP) is 3.40. The molecule has 0 N–H and O–H groups in total. The fourth-order valence-electron chi connectivity index (χ4n) is 5.48. The van der Waals surface area contributed by atoms with Crippen LogP contribution in [0, 0.1) is 0 Å². The Hall–Kier alpha value is -4.33. The number of benzene rings is 3. The van der Waals surface area contributed by atoms with E-state index in [1.807, 2.05) is 36.4 Å². The van der Waals surface area contributed by atoms with E-state index in [-0.39, 0.29) is 24.3 Å². The van der Waals surface area contributed by atoms with Gasteiger partial charge in [-0.1, -0.05) is 30.3 Å². The highest BCUT2D eigenvalue weighted by molar-refractivity contribution is 6.17. The third kappa shape index (κ3) is 3.25. The summed E-state index contributed by atoms with van der Waals surface area (Å²) < 4.78 is 10.9. The fourth-order valence-corrected chi connectivity index (χ4v) is 5.48. The van der Waals surface area contributed by atoms with Crippen molar-refractivity contribution < 1.29 is 23.9 Å². The first kappa shape index (κ1) is 22.2. The molecule has 3 heterocycles. The highest BCUT2D eigenvalue weighted by atomic mass is 16.5. The molecule has 1 unspecified atom stereocenters. The molecule has 182 valence electrons. The Morgan fingerprint density at radius 1 is 0.889 bits per heavy atom. The molecule has 0 radical (unpaired) electrons. The summed E-state index contributed by atoms with van der Waals surface area (Å²) in [7, 11) is 3.19. The number of rotatable bonds is 4. The van der Waals surface area contributed by atoms with E-state index in [4.69, 9.17) is 9.47 Å². The number of amides is 3. The molecule has 0 saturated carbocycles. The van der Waals surface area contributed by atoms with Crippen LogP contribution in [-0.2, 0) is 17.8 Å². The van der Waals surface area contributed by atoms with Crippen molar-refractivity contribution in [3.05, 3.63) is 88.5 Å². The van der Waals surface area contributed by atoms with E-state index in [1.165, 1.54) is 4.90 Å². The van der Waals surface area contributed by atoms with E-state index in [0.717, 1.165) is 16.7 Å². The van der Waals surface area contributed by atoms with Crippen LogP contribution < -0.4 is 14.4 Å². The normalized spacial score (nSPS) is 17.8. The van der Waals surface area contributed by atoms with E-state index < -0.39 is 6.17 Å². The van der Waals surface area contributed by atoms with Crippen LogP contribution >= 0.6 is 0 Å². The lowest BCUT2D eigenvalue weighted by atomic mass is 9.98. The van der Waals surface area contributed by atoms with E-state index in [1.54, 1.807) is 48.3 Å². The lowest BCUT2D eigenvalue weighted by Crippen LogP contribution is -2.52. The number of fused-ring (bicyclic) bond motifs is 6. The minimum absolute atomic E-state index is 0.126. The van der Waals surface area contributed by atoms with Crippen LogP contribution in [0.25, 0.3) is 0 Å². The van der Waals surface area contributed by atoms with Gasteiger partial charge in [0.1, 0.15) is 12.7 Å². The molecule has 6 rings (SSSR count). The molecule has 3 amide bonds. The smallest absolute Gasteiger partial charge is 0.260 e. The van der Waals surface area contributed by atoms with Gasteiger partial charge in [-0.25, -0.2) is 0 Å². The lowest BCUT2D eigenvalue weighted by molar-refractivity contribution is -0.133. The van der Waals surface area contributed by atoms with Crippen LogP contribution in [-0.4, -0.2) is 54.8 Å². The number of carbonyl (C=O) groups excluding carboxylic acids is 3. The molecule has 1 atom stereocenters. The number of para-hydroxylation sites is 1. The highest BCUT2D eigenvalue weighted by Crippen LogP contribution is 2.45. The first-order valence-electron chi connectivity index (χ1n) is 11.9. The summed E-state index contributed by atoms with van der Waals surface area (Å²) >= 11 is 0. The van der Waals surface area contributed by atoms with Crippen molar-refractivity contribution in [2.45, 2.75) is 19.1 Å². The summed E-state index contributed by atoms with van der Waals surface area (Å²) in [6, 6.07) is 18.2. The summed E-state index contributed by atoms with van der Waals surface area (Å²) in [5.74, 6) is 0.692. The van der Waals surface area contributed by atoms with Gasteiger partial charge < -0.3 is 19.3 Å². The second-order valence-corrected chi connectivity index (χ2v) is 9.13. The third-order valence-electron chi connectivity index (χ3n) is 7.26. The van der Waals surface area contributed by atoms with Crippen LogP contribution in [0.15, 0.2) is 60.7 Å². The van der Waals surface area contributed by atoms with Gasteiger partial charge >= 0.3 is 0 Å². The van der Waals surface area contributed by atoms with E-state index >= 15 is 0 Å². The van der Waals surface area contributed by atoms with Crippen LogP contribution in [0.5, 0.6) is 11.5 Å². The topological polar surface area (TPSA) is 79.4 Å². The number of anilines is 1. The van der Waals surface area contributed by atoms with Crippen LogP contribution in [0.2, 0.25) is 0 Å². The first-order chi connectivity index (χ1) is 17.5. The summed E-state index contributed by atoms with van der Waals surface area (Å²) in [5, 5.41) is 0. The molecule has 3 aliphatic rings. The maximum atomic E-state index is 13.6. The Morgan fingerprint density at radius 3 is 2.31 bits per heavy atom. The minimum Gasteiger partial charge on any atom is -0.493 e. The molecule has 0 fully saturated rings. The Balaban J connectivity index is 1.32. The summed E-state index contributed by atoms with van der Waals surface area (Å²) in [5.41, 5.74) is 4.39. The van der Waals surface area contributed by atoms with Gasteiger partial charge in [0.25, 0.3) is 11.8 Å². The predicted molar refractivity (Wildman–Crippen MR) is 132 cm³/mol. The van der Waals surface area contributed by atoms with Crippen molar-refractivity contribution in [2.75, 3.05) is 32.2 Å². The molecular formula is C28H25N3O5. The molecule has 3 aliphatic heterocycles. The largest absolute Gasteiger partial charge is 0.493 e. The number of carbonyl (C=O) groups is 3. The average Bonchev–Trinajstić information content (AvgIpc) is 3.22. The number of hydrogen-bond donors (Lipinski definition) is 0. The van der Waals surface area contributed by atoms with Crippen molar-refractivity contribution >= 4 is 23.4 Å². The van der Waals surface area contributed by atoms with E-state index in [2.05, 4.69) is 0 Å². The van der Waals surface area contributed by atoms with Gasteiger partial charge in [-0.3, -0.25) is 19.3 Å². The summed E-state index contributed by atoms with van der Waals surface area (Å²) in [4.78, 5) is 45.5. The lowest BCUT2D eigenvalue weighted by Gasteiger charge is -2.41. The van der Waals surface area contributed by atoms with Gasteiger partial charge in [-0.2, -0.15) is 0 Å². The molecule has 0 aromatic heterocycles. The average molecular weight is 484 g/mol. The minimum atomic E-state index is -0.651. The second kappa shape index (κ2) is 8.41. The van der Waals surface area contributed by atoms with E-state index in [9.17, 15) is 14.4 Å². The van der Waals surface area contributed by atoms with Gasteiger partial charge in [0.15, 0.2) is 11.5 Å². The van der Waals surface area contributed by atoms with Gasteiger partial charge in [0.05, 0.1) is 25.5 Å². The maximum absolute atomic E-state index is 13.6. The Kier molecular flexibility index (Phi) is 5.17. The summed E-state index contributed by atoms with van der Waals surface area (Å²) in [6.45, 7) is 0.819. The highest BCUT2D eigenvalue weighted by Gasteiger charge is 2.48. The van der Waals surface area contributed by atoms with E-state index in [0.29, 0.717) is 47.8 Å². The third-order valence-corrected chi connectivity index (χ3v) is 7.26. The van der Waals surface area contributed by atoms with Crippen LogP contribution in [0.1, 0.15) is 43.6 Å². The maximum Gasteiger partial charge on any atom is 0.260 e. The van der Waals surface area contributed by atoms with Crippen molar-refractivity contribution in [1.82, 2.24) is 9.80 Å². The van der Waals surface area contributed by atoms with Crippen molar-refractivity contribution in [3.63, 3.8) is 0 Å². The Bertz CT molecular complexity index is 1420. The SMILES string of the molecule is COc1cc2c(cc1OC)CN(C(=O)CN1C(=O)c3ccccc3N3C(=O)c4ccccc4C13)CC2. The zero-order valence-corrected chi connectivity index (χ0v) is 20.1. The molecule has 8 heteroatoms. The first-order valence-corrected chi connectivity index (χ1v) is 11.9. The van der Waals surface area contributed by atoms with Crippen LogP contribution in [0.3, 0.4) is 0 Å². The van der Waals surface area contributed by atoms with Gasteiger partial charge in [0.2, 0.25) is 5.91 Å². The van der Waals surface area contributed by atoms with Crippen LogP contribution in [0.4, 0.5) is 5.69 Å². The number of nitrogens with zero attached hydrogens (tertiary/aromatic N) is 3. The monoisotopic (exact) mass is 483 g/mol. The van der Waals surface area contributed by atoms with Gasteiger partial charge in [-0.05, 0) is 47.9 Å². The molecule has 36 heavy (non-hydrogen) atoms. The second-order valence-electron chi connectivity index (χ2n) is 9.13. The number of methoxy groups -OCH3 is 2. The Morgan fingerprint density at radius 2 is 1.56 bits per heavy atom. The van der Waals surface area contributed by atoms with Crippen molar-refractivity contribution in [1.29, 1.82) is 0 Å². The quantitative estimate of drug-likeness (QED) is 0.568. The molecule has 0 bridgehead atoms. The zero-order valence-electron chi connectivity index (χ0n) is 20.1. The molecule has 0 spiro atoms. The molecule has 0 saturated heterocycles. The molecule has 3 aromatic carbocycles. The standard InChI is InChI=1S/C28H25N3O5/c1-35-23-13-17-11-12-29(15-18(17)14-24(23)36-2)25(32)16-30-26-19-7-3-4-8-20(19)28(34)31(26)22-10-6-5-9-21(22)27(30)33/h3-10,13-14,26H,11-12,15-16H2,1-2H3. The number of hydrogen-bond acceptors (Lipinski definition) is 5.